The first-order valence-electron chi connectivity index (χ1n) is 14.7. The second-order valence-corrected chi connectivity index (χ2v) is 13.7. The Hall–Kier alpha value is -4.30. The maximum atomic E-state index is 13.9. The van der Waals surface area contributed by atoms with Gasteiger partial charge in [-0.2, -0.15) is 14.0 Å². The summed E-state index contributed by atoms with van der Waals surface area (Å²) < 4.78 is 23.2. The van der Waals surface area contributed by atoms with E-state index >= 15 is 0 Å². The first-order chi connectivity index (χ1) is 21.2. The van der Waals surface area contributed by atoms with Crippen LogP contribution in [0.1, 0.15) is 77.5 Å². The van der Waals surface area contributed by atoms with E-state index in [9.17, 15) is 9.59 Å². The molecule has 5 rings (SSSR count). The van der Waals surface area contributed by atoms with Gasteiger partial charge in [0.15, 0.2) is 5.65 Å². The van der Waals surface area contributed by atoms with Gasteiger partial charge in [-0.05, 0) is 85.0 Å². The number of carbonyl (C=O) groups excluding carboxylic acids is 2. The Labute approximate surface area is 265 Å². The number of aliphatic hydroxyl groups is 1. The highest BCUT2D eigenvalue weighted by molar-refractivity contribution is 7.10. The lowest BCUT2D eigenvalue weighted by Crippen LogP contribution is -2.42. The quantitative estimate of drug-likeness (QED) is 0.240. The summed E-state index contributed by atoms with van der Waals surface area (Å²) in [6, 6.07) is 5.42. The van der Waals surface area contributed by atoms with E-state index in [-0.39, 0.29) is 18.7 Å². The smallest absolute Gasteiger partial charge is 0.421 e. The van der Waals surface area contributed by atoms with Gasteiger partial charge in [0.25, 0.3) is 0 Å². The fourth-order valence-electron chi connectivity index (χ4n) is 5.00. The molecule has 4 aromatic heterocycles. The molecule has 1 aliphatic rings. The summed E-state index contributed by atoms with van der Waals surface area (Å²) in [7, 11) is 0. The molecule has 0 spiro atoms. The summed E-state index contributed by atoms with van der Waals surface area (Å²) in [5.41, 5.74) is 1.90. The topological polar surface area (TPSA) is 148 Å². The molecule has 45 heavy (non-hydrogen) atoms. The van der Waals surface area contributed by atoms with Gasteiger partial charge in [0, 0.05) is 36.2 Å². The molecule has 2 amide bonds. The zero-order valence-corrected chi connectivity index (χ0v) is 27.4. The van der Waals surface area contributed by atoms with Gasteiger partial charge in [0.2, 0.25) is 0 Å². The second-order valence-electron chi connectivity index (χ2n) is 12.9. The maximum absolute atomic E-state index is 13.9. The lowest BCUT2D eigenvalue weighted by molar-refractivity contribution is 0.0197. The summed E-state index contributed by atoms with van der Waals surface area (Å²) in [5.74, 6) is 0.725. The van der Waals surface area contributed by atoms with E-state index in [2.05, 4.69) is 14.5 Å². The Bertz CT molecular complexity index is 1710. The van der Waals surface area contributed by atoms with E-state index in [0.717, 1.165) is 18.5 Å². The molecule has 0 saturated carbocycles. The van der Waals surface area contributed by atoms with E-state index in [1.165, 1.54) is 22.6 Å². The molecule has 1 atom stereocenters. The van der Waals surface area contributed by atoms with Gasteiger partial charge in [-0.25, -0.2) is 19.5 Å². The normalized spacial score (nSPS) is 16.0. The number of aryl methyl sites for hydroxylation is 1. The Morgan fingerprint density at radius 3 is 2.60 bits per heavy atom. The Kier molecular flexibility index (Phi) is 8.99. The summed E-state index contributed by atoms with van der Waals surface area (Å²) in [6.45, 7) is 13.4. The van der Waals surface area contributed by atoms with Crippen molar-refractivity contribution in [2.75, 3.05) is 24.7 Å². The first-order valence-corrected chi connectivity index (χ1v) is 15.5. The number of amides is 2. The van der Waals surface area contributed by atoms with E-state index in [0.29, 0.717) is 52.1 Å². The minimum atomic E-state index is -0.764. The number of rotatable bonds is 6. The molecular formula is C31H39N7O6S. The van der Waals surface area contributed by atoms with E-state index in [1.807, 2.05) is 60.6 Å². The predicted molar refractivity (Wildman–Crippen MR) is 170 cm³/mol. The molecule has 1 aliphatic heterocycles. The molecule has 0 aliphatic carbocycles. The van der Waals surface area contributed by atoms with Crippen LogP contribution >= 0.6 is 11.5 Å². The van der Waals surface area contributed by atoms with Crippen LogP contribution in [0.2, 0.25) is 0 Å². The summed E-state index contributed by atoms with van der Waals surface area (Å²) in [4.78, 5) is 39.0. The molecule has 0 bridgehead atoms. The molecule has 1 saturated heterocycles. The third-order valence-electron chi connectivity index (χ3n) is 6.84. The number of aliphatic imine (C=N–C) groups is 1. The van der Waals surface area contributed by atoms with Crippen LogP contribution in [0, 0.1) is 6.92 Å². The molecular weight excluding hydrogens is 598 g/mol. The molecule has 14 heteroatoms. The predicted octanol–water partition coefficient (Wildman–Crippen LogP) is 6.31. The van der Waals surface area contributed by atoms with Gasteiger partial charge < -0.3 is 23.9 Å². The molecule has 1 fully saturated rings. The lowest BCUT2D eigenvalue weighted by Gasteiger charge is -2.34. The number of aliphatic hydroxyl groups excluding tert-OH is 1. The number of piperidine rings is 1. The zero-order valence-electron chi connectivity index (χ0n) is 26.6. The standard InChI is InChI=1S/C31H39N7O6S/c1-19-11-26(45-35-19)37(29(41)44-31(5,6)7)25-13-24(20-9-8-10-36(16-20)28(40)43-30(2,3)4)34-27-23(15-33-38(25)27)21-12-22(42-17-21)14-32-18-39/h11-15,17,20,39H,8-10,16,18H2,1-7H3. The van der Waals surface area contributed by atoms with Gasteiger partial charge in [-0.3, -0.25) is 4.99 Å². The molecule has 1 N–H and O–H groups in total. The number of ether oxygens (including phenoxy) is 2. The van der Waals surface area contributed by atoms with Crippen LogP contribution in [0.25, 0.3) is 16.8 Å². The fraction of sp³-hybridized carbons (Fsp3) is 0.484. The minimum absolute atomic E-state index is 0.141. The van der Waals surface area contributed by atoms with Gasteiger partial charge in [0.05, 0.1) is 30.1 Å². The van der Waals surface area contributed by atoms with Crippen molar-refractivity contribution in [2.24, 2.45) is 4.99 Å². The van der Waals surface area contributed by atoms with Crippen molar-refractivity contribution in [1.82, 2.24) is 23.9 Å². The van der Waals surface area contributed by atoms with Crippen molar-refractivity contribution in [3.63, 3.8) is 0 Å². The maximum Gasteiger partial charge on any atom is 0.421 e. The molecule has 13 nitrogen and oxygen atoms in total. The third-order valence-corrected chi connectivity index (χ3v) is 7.70. The van der Waals surface area contributed by atoms with E-state index in [1.54, 1.807) is 27.9 Å². The number of hydrogen-bond donors (Lipinski definition) is 1. The van der Waals surface area contributed by atoms with Crippen molar-refractivity contribution in [1.29, 1.82) is 0 Å². The number of hydrogen-bond acceptors (Lipinski definition) is 11. The number of anilines is 2. The van der Waals surface area contributed by atoms with Crippen LogP contribution in [0.3, 0.4) is 0 Å². The monoisotopic (exact) mass is 637 g/mol. The summed E-state index contributed by atoms with van der Waals surface area (Å²) in [6.07, 6.45) is 5.24. The Balaban J connectivity index is 1.66. The minimum Gasteiger partial charge on any atom is -0.463 e. The molecule has 4 aromatic rings. The van der Waals surface area contributed by atoms with Crippen molar-refractivity contribution in [3.05, 3.63) is 47.8 Å². The number of likely N-dealkylation sites (tertiary alicyclic amines) is 1. The lowest BCUT2D eigenvalue weighted by atomic mass is 9.94. The van der Waals surface area contributed by atoms with Gasteiger partial charge >= 0.3 is 12.2 Å². The molecule has 0 radical (unpaired) electrons. The molecule has 1 unspecified atom stereocenters. The number of nitrogens with zero attached hydrogens (tertiary/aromatic N) is 7. The molecule has 0 aromatic carbocycles. The van der Waals surface area contributed by atoms with E-state index < -0.39 is 17.3 Å². The molecule has 240 valence electrons. The van der Waals surface area contributed by atoms with Crippen LogP contribution < -0.4 is 4.90 Å². The number of fused-ring (bicyclic) bond motifs is 1. The number of aromatic nitrogens is 4. The highest BCUT2D eigenvalue weighted by Crippen LogP contribution is 2.37. The number of carbonyl (C=O) groups is 2. The first kappa shape index (κ1) is 32.1. The van der Waals surface area contributed by atoms with Crippen LogP contribution in [0.4, 0.5) is 20.4 Å². The van der Waals surface area contributed by atoms with Crippen molar-refractivity contribution >= 4 is 46.4 Å². The largest absolute Gasteiger partial charge is 0.463 e. The van der Waals surface area contributed by atoms with Crippen molar-refractivity contribution in [2.45, 2.75) is 78.4 Å². The molecule has 5 heterocycles. The van der Waals surface area contributed by atoms with Crippen molar-refractivity contribution < 1.29 is 28.6 Å². The highest BCUT2D eigenvalue weighted by atomic mass is 32.1. The van der Waals surface area contributed by atoms with Crippen LogP contribution in [0.15, 0.2) is 40.1 Å². The van der Waals surface area contributed by atoms with Gasteiger partial charge in [-0.1, -0.05) is 0 Å². The Morgan fingerprint density at radius 1 is 1.18 bits per heavy atom. The highest BCUT2D eigenvalue weighted by Gasteiger charge is 2.33. The number of furan rings is 1. The summed E-state index contributed by atoms with van der Waals surface area (Å²) >= 11 is 1.17. The van der Waals surface area contributed by atoms with Crippen LogP contribution in [-0.4, -0.2) is 78.4 Å². The Morgan fingerprint density at radius 2 is 1.93 bits per heavy atom. The van der Waals surface area contributed by atoms with E-state index in [4.69, 9.17) is 24.0 Å². The van der Waals surface area contributed by atoms with Crippen LogP contribution in [0.5, 0.6) is 0 Å². The second kappa shape index (κ2) is 12.6. The third kappa shape index (κ3) is 7.51. The average molecular weight is 638 g/mol. The van der Waals surface area contributed by atoms with Crippen LogP contribution in [-0.2, 0) is 9.47 Å². The SMILES string of the molecule is Cc1cc(N(C(=O)OC(C)(C)C)c2cc(C3CCCN(C(=O)OC(C)(C)C)C3)nc3c(-c4coc(C=NCO)c4)cnn23)sn1. The zero-order chi connectivity index (χ0) is 32.5. The van der Waals surface area contributed by atoms with Crippen molar-refractivity contribution in [3.8, 4) is 11.1 Å². The van der Waals surface area contributed by atoms with Gasteiger partial charge in [-0.15, -0.1) is 0 Å². The summed E-state index contributed by atoms with van der Waals surface area (Å²) in [5, 5.41) is 14.3. The van der Waals surface area contributed by atoms with Gasteiger partial charge in [0.1, 0.15) is 34.5 Å². The average Bonchev–Trinajstić information content (AvgIpc) is 3.70. The fourth-order valence-corrected chi connectivity index (χ4v) is 5.76.